The number of aliphatic hydroxyl groups excluding tert-OH is 1. The van der Waals surface area contributed by atoms with Crippen LogP contribution in [0.4, 0.5) is 0 Å². The fourth-order valence-corrected chi connectivity index (χ4v) is 6.01. The molecule has 2 amide bonds. The van der Waals surface area contributed by atoms with Crippen LogP contribution in [0.15, 0.2) is 39.8 Å². The molecule has 2 aliphatic heterocycles. The van der Waals surface area contributed by atoms with Gasteiger partial charge in [0.2, 0.25) is 5.91 Å². The molecule has 3 rings (SSSR count). The number of hydrogen-bond donors (Lipinski definition) is 2. The van der Waals surface area contributed by atoms with Crippen LogP contribution in [0, 0.1) is 11.8 Å². The van der Waals surface area contributed by atoms with Gasteiger partial charge >= 0.3 is 5.97 Å². The molecule has 1 aromatic rings. The highest BCUT2D eigenvalue weighted by Gasteiger charge is 2.63. The van der Waals surface area contributed by atoms with Crippen molar-refractivity contribution in [2.45, 2.75) is 44.7 Å². The summed E-state index contributed by atoms with van der Waals surface area (Å²) in [6.45, 7) is 7.85. The minimum atomic E-state index is -1.96. The number of carbonyl (C=O) groups is 3. The monoisotopic (exact) mass is 434 g/mol. The lowest BCUT2D eigenvalue weighted by atomic mass is 9.79. The topological polar surface area (TPSA) is 121 Å². The second-order valence-electron chi connectivity index (χ2n) is 7.51. The van der Waals surface area contributed by atoms with Gasteiger partial charge in [0, 0.05) is 24.3 Å². The number of fused-ring (bicyclic) bond motifs is 1. The molecule has 162 valence electrons. The average Bonchev–Trinajstić information content (AvgIpc) is 2.96. The van der Waals surface area contributed by atoms with Gasteiger partial charge in [-0.25, -0.2) is 4.79 Å². The number of nitrogens with zero attached hydrogens (tertiary/aromatic N) is 2. The molecule has 8 nitrogen and oxygen atoms in total. The van der Waals surface area contributed by atoms with Crippen molar-refractivity contribution in [1.29, 1.82) is 0 Å². The second-order valence-corrected chi connectivity index (χ2v) is 8.93. The van der Waals surface area contributed by atoms with E-state index in [1.54, 1.807) is 36.1 Å². The van der Waals surface area contributed by atoms with E-state index < -0.39 is 47.0 Å². The minimum Gasteiger partial charge on any atom is -0.607 e. The molecule has 0 bridgehead atoms. The number of aliphatic carboxylic acids is 1. The first-order chi connectivity index (χ1) is 14.2. The Morgan fingerprint density at radius 1 is 1.27 bits per heavy atom. The summed E-state index contributed by atoms with van der Waals surface area (Å²) in [6, 6.07) is 5.88. The highest BCUT2D eigenvalue weighted by molar-refractivity contribution is 7.95. The first-order valence-corrected chi connectivity index (χ1v) is 11.1. The Bertz CT molecular complexity index is 911. The zero-order valence-corrected chi connectivity index (χ0v) is 18.2. The van der Waals surface area contributed by atoms with Gasteiger partial charge in [-0.15, -0.1) is 0 Å². The maximum atomic E-state index is 13.6. The lowest BCUT2D eigenvalue weighted by Gasteiger charge is -2.45. The molecule has 9 heteroatoms. The normalized spacial score (nSPS) is 24.9. The predicted octanol–water partition coefficient (Wildman–Crippen LogP) is 1.43. The van der Waals surface area contributed by atoms with E-state index in [2.05, 4.69) is 0 Å². The first-order valence-electron chi connectivity index (χ1n) is 9.95. The Morgan fingerprint density at radius 2 is 1.87 bits per heavy atom. The van der Waals surface area contributed by atoms with Crippen LogP contribution in [0.1, 0.15) is 38.1 Å². The van der Waals surface area contributed by atoms with Gasteiger partial charge in [-0.2, -0.15) is 0 Å². The van der Waals surface area contributed by atoms with Crippen molar-refractivity contribution in [3.05, 3.63) is 40.4 Å². The summed E-state index contributed by atoms with van der Waals surface area (Å²) < 4.78 is 13.6. The Balaban J connectivity index is 2.08. The minimum absolute atomic E-state index is 0.101. The first kappa shape index (κ1) is 22.3. The summed E-state index contributed by atoms with van der Waals surface area (Å²) in [5, 5.41) is 19.7. The van der Waals surface area contributed by atoms with E-state index in [0.29, 0.717) is 13.1 Å². The number of benzene rings is 1. The molecule has 1 saturated heterocycles. The van der Waals surface area contributed by atoms with E-state index in [1.807, 2.05) is 13.8 Å². The smallest absolute Gasteiger partial charge is 0.357 e. The van der Waals surface area contributed by atoms with Gasteiger partial charge < -0.3 is 19.7 Å². The number of amides is 2. The van der Waals surface area contributed by atoms with Crippen molar-refractivity contribution in [2.75, 3.05) is 13.1 Å². The summed E-state index contributed by atoms with van der Waals surface area (Å²) in [5.41, 5.74) is -0.0607. The van der Waals surface area contributed by atoms with Crippen molar-refractivity contribution < 1.29 is 29.1 Å². The van der Waals surface area contributed by atoms with E-state index >= 15 is 0 Å². The fourth-order valence-electron chi connectivity index (χ4n) is 4.38. The van der Waals surface area contributed by atoms with Crippen LogP contribution in [0.2, 0.25) is 0 Å². The lowest BCUT2D eigenvalue weighted by molar-refractivity contribution is -0.163. The number of carboxylic acids is 1. The Morgan fingerprint density at radius 3 is 2.40 bits per heavy atom. The molecule has 0 spiro atoms. The Hall–Kier alpha value is -2.36. The maximum absolute atomic E-state index is 13.6. The molecule has 1 fully saturated rings. The van der Waals surface area contributed by atoms with Crippen LogP contribution in [0.3, 0.4) is 0 Å². The number of aliphatic hydroxyl groups is 1. The van der Waals surface area contributed by atoms with Crippen LogP contribution in [0.25, 0.3) is 0 Å². The van der Waals surface area contributed by atoms with Gasteiger partial charge in [-0.05, 0) is 32.9 Å². The van der Waals surface area contributed by atoms with Crippen molar-refractivity contribution in [1.82, 2.24) is 9.80 Å². The van der Waals surface area contributed by atoms with E-state index in [-0.39, 0.29) is 27.0 Å². The van der Waals surface area contributed by atoms with Gasteiger partial charge in [0.25, 0.3) is 5.91 Å². The highest BCUT2D eigenvalue weighted by Crippen LogP contribution is 2.50. The summed E-state index contributed by atoms with van der Waals surface area (Å²) in [6.07, 6.45) is -0.944. The third-order valence-corrected chi connectivity index (χ3v) is 7.60. The van der Waals surface area contributed by atoms with Crippen molar-refractivity contribution in [3.8, 4) is 0 Å². The zero-order chi connectivity index (χ0) is 22.3. The number of β-lactam (4-membered cyclic amide) rings is 1. The molecule has 2 aliphatic rings. The standard InChI is InChI=1S/C21H26N2O6S/c1-5-22(6-2)19(25)13-9-7-8-10-14(13)30(29)18-11(3)16-15(12(4)24)20(26)23(16)17(18)21(27)28/h7-12,15-16,24H,5-6H2,1-4H3,(H,27,28)/t11-,12?,15-,16-,30?/m1/s1. The van der Waals surface area contributed by atoms with Crippen LogP contribution >= 0.6 is 0 Å². The molecule has 0 saturated carbocycles. The van der Waals surface area contributed by atoms with E-state index in [9.17, 15) is 29.1 Å². The quantitative estimate of drug-likeness (QED) is 0.495. The SMILES string of the molecule is CCN(CC)C(=O)c1ccccc1[S+]([O-])C1=C(C(=O)O)N2C(=O)[C@H](C(C)O)[C@H]2[C@H]1C. The molecule has 30 heavy (non-hydrogen) atoms. The van der Waals surface area contributed by atoms with E-state index in [0.717, 1.165) is 4.90 Å². The summed E-state index contributed by atoms with van der Waals surface area (Å²) in [7, 11) is 0. The lowest BCUT2D eigenvalue weighted by Crippen LogP contribution is -2.63. The Kier molecular flexibility index (Phi) is 6.26. The maximum Gasteiger partial charge on any atom is 0.357 e. The van der Waals surface area contributed by atoms with Crippen LogP contribution in [-0.4, -0.2) is 67.6 Å². The molecule has 0 aromatic heterocycles. The Labute approximate surface area is 178 Å². The molecule has 5 atom stereocenters. The molecule has 0 radical (unpaired) electrons. The van der Waals surface area contributed by atoms with Crippen molar-refractivity contribution in [2.24, 2.45) is 11.8 Å². The fraction of sp³-hybridized carbons (Fsp3) is 0.476. The molecular weight excluding hydrogens is 408 g/mol. The van der Waals surface area contributed by atoms with Gasteiger partial charge in [0.05, 0.1) is 29.5 Å². The second kappa shape index (κ2) is 8.41. The zero-order valence-electron chi connectivity index (χ0n) is 17.4. The van der Waals surface area contributed by atoms with Gasteiger partial charge in [0.1, 0.15) is 0 Å². The van der Waals surface area contributed by atoms with Crippen LogP contribution in [-0.2, 0) is 20.8 Å². The summed E-state index contributed by atoms with van der Waals surface area (Å²) in [4.78, 5) is 40.5. The summed E-state index contributed by atoms with van der Waals surface area (Å²) >= 11 is -1.96. The van der Waals surface area contributed by atoms with Gasteiger partial charge in [-0.1, -0.05) is 19.1 Å². The number of carboxylic acid groups (broad SMARTS) is 1. The van der Waals surface area contributed by atoms with Gasteiger partial charge in [-0.3, -0.25) is 14.5 Å². The third kappa shape index (κ3) is 3.30. The average molecular weight is 435 g/mol. The molecule has 0 aliphatic carbocycles. The van der Waals surface area contributed by atoms with Crippen molar-refractivity contribution >= 4 is 29.0 Å². The third-order valence-electron chi connectivity index (χ3n) is 5.88. The number of hydrogen-bond acceptors (Lipinski definition) is 5. The van der Waals surface area contributed by atoms with Crippen molar-refractivity contribution in [3.63, 3.8) is 0 Å². The molecular formula is C21H26N2O6S. The number of carbonyl (C=O) groups excluding carboxylic acids is 2. The molecule has 2 N–H and O–H groups in total. The summed E-state index contributed by atoms with van der Waals surface area (Å²) in [5.74, 6) is -3.40. The number of rotatable bonds is 7. The predicted molar refractivity (Wildman–Crippen MR) is 110 cm³/mol. The largest absolute Gasteiger partial charge is 0.607 e. The highest BCUT2D eigenvalue weighted by atomic mass is 32.2. The van der Waals surface area contributed by atoms with Crippen LogP contribution < -0.4 is 0 Å². The van der Waals surface area contributed by atoms with Crippen LogP contribution in [0.5, 0.6) is 0 Å². The van der Waals surface area contributed by atoms with Gasteiger partial charge in [0.15, 0.2) is 15.5 Å². The molecule has 1 aromatic carbocycles. The van der Waals surface area contributed by atoms with E-state index in [4.69, 9.17) is 0 Å². The van der Waals surface area contributed by atoms with E-state index in [1.165, 1.54) is 6.92 Å². The molecule has 2 heterocycles. The molecule has 2 unspecified atom stereocenters.